The van der Waals surface area contributed by atoms with Crippen LogP contribution in [0.3, 0.4) is 0 Å². The Morgan fingerprint density at radius 3 is 2.81 bits per heavy atom. The standard InChI is InChI=1S/C15H21ClN2O3/c1-15(2,3)21-14(20)18-7-6-11(9-18)17-12-5-4-10(16)8-13(12)19/h4-5,8,11,17,19H,6-7,9H2,1-3H3. The van der Waals surface area contributed by atoms with E-state index >= 15 is 0 Å². The molecular formula is C15H21ClN2O3. The van der Waals surface area contributed by atoms with Gasteiger partial charge < -0.3 is 20.1 Å². The van der Waals surface area contributed by atoms with Gasteiger partial charge in [-0.25, -0.2) is 4.79 Å². The summed E-state index contributed by atoms with van der Waals surface area (Å²) >= 11 is 5.80. The molecule has 21 heavy (non-hydrogen) atoms. The van der Waals surface area contributed by atoms with Crippen LogP contribution in [-0.2, 0) is 4.74 Å². The molecule has 0 aromatic heterocycles. The fourth-order valence-electron chi connectivity index (χ4n) is 2.22. The fraction of sp³-hybridized carbons (Fsp3) is 0.533. The minimum atomic E-state index is -0.489. The van der Waals surface area contributed by atoms with E-state index < -0.39 is 5.60 Å². The second-order valence-corrected chi connectivity index (χ2v) is 6.65. The number of hydrogen-bond donors (Lipinski definition) is 2. The molecule has 0 spiro atoms. The van der Waals surface area contributed by atoms with Crippen LogP contribution in [0.2, 0.25) is 5.02 Å². The number of rotatable bonds is 2. The van der Waals surface area contributed by atoms with E-state index in [1.807, 2.05) is 20.8 Å². The number of phenols is 1. The van der Waals surface area contributed by atoms with Gasteiger partial charge in [0.1, 0.15) is 11.4 Å². The molecule has 0 saturated carbocycles. The second-order valence-electron chi connectivity index (χ2n) is 6.22. The van der Waals surface area contributed by atoms with Gasteiger partial charge in [0, 0.05) is 30.2 Å². The highest BCUT2D eigenvalue weighted by Gasteiger charge is 2.29. The zero-order valence-corrected chi connectivity index (χ0v) is 13.3. The lowest BCUT2D eigenvalue weighted by atomic mass is 10.2. The highest BCUT2D eigenvalue weighted by Crippen LogP contribution is 2.28. The van der Waals surface area contributed by atoms with Gasteiger partial charge in [0.15, 0.2) is 0 Å². The quantitative estimate of drug-likeness (QED) is 0.821. The summed E-state index contributed by atoms with van der Waals surface area (Å²) in [4.78, 5) is 13.7. The van der Waals surface area contributed by atoms with E-state index in [-0.39, 0.29) is 17.9 Å². The lowest BCUT2D eigenvalue weighted by Crippen LogP contribution is -2.36. The van der Waals surface area contributed by atoms with Crippen molar-refractivity contribution in [3.8, 4) is 5.75 Å². The van der Waals surface area contributed by atoms with Crippen molar-refractivity contribution < 1.29 is 14.6 Å². The first-order valence-electron chi connectivity index (χ1n) is 6.97. The number of hydrogen-bond acceptors (Lipinski definition) is 4. The molecule has 0 radical (unpaired) electrons. The maximum absolute atomic E-state index is 12.0. The van der Waals surface area contributed by atoms with Crippen LogP contribution in [0.5, 0.6) is 5.75 Å². The Hall–Kier alpha value is -1.62. The fourth-order valence-corrected chi connectivity index (χ4v) is 2.38. The Morgan fingerprint density at radius 1 is 1.48 bits per heavy atom. The van der Waals surface area contributed by atoms with Crippen molar-refractivity contribution in [1.29, 1.82) is 0 Å². The van der Waals surface area contributed by atoms with Crippen LogP contribution >= 0.6 is 11.6 Å². The second kappa shape index (κ2) is 6.02. The Bertz CT molecular complexity index is 528. The number of ether oxygens (including phenoxy) is 1. The summed E-state index contributed by atoms with van der Waals surface area (Å²) in [6.45, 7) is 6.74. The smallest absolute Gasteiger partial charge is 0.410 e. The molecule has 0 aliphatic carbocycles. The Morgan fingerprint density at radius 2 is 2.19 bits per heavy atom. The zero-order valence-electron chi connectivity index (χ0n) is 12.5. The van der Waals surface area contributed by atoms with Crippen molar-refractivity contribution >= 4 is 23.4 Å². The molecule has 1 fully saturated rings. The number of amides is 1. The third-order valence-electron chi connectivity index (χ3n) is 3.16. The molecule has 0 bridgehead atoms. The molecule has 116 valence electrons. The number of aromatic hydroxyl groups is 1. The Balaban J connectivity index is 1.92. The van der Waals surface area contributed by atoms with E-state index in [4.69, 9.17) is 16.3 Å². The van der Waals surface area contributed by atoms with Gasteiger partial charge in [-0.2, -0.15) is 0 Å². The molecule has 5 nitrogen and oxygen atoms in total. The third kappa shape index (κ3) is 4.43. The van der Waals surface area contributed by atoms with Gasteiger partial charge in [0.2, 0.25) is 0 Å². The number of likely N-dealkylation sites (tertiary alicyclic amines) is 1. The van der Waals surface area contributed by atoms with Crippen LogP contribution in [0.25, 0.3) is 0 Å². The van der Waals surface area contributed by atoms with E-state index in [1.54, 1.807) is 17.0 Å². The molecule has 1 unspecified atom stereocenters. The van der Waals surface area contributed by atoms with E-state index in [9.17, 15) is 9.90 Å². The van der Waals surface area contributed by atoms with E-state index in [1.165, 1.54) is 6.07 Å². The number of halogens is 1. The molecular weight excluding hydrogens is 292 g/mol. The van der Waals surface area contributed by atoms with Gasteiger partial charge in [-0.3, -0.25) is 0 Å². The number of carbonyl (C=O) groups is 1. The van der Waals surface area contributed by atoms with Crippen molar-refractivity contribution in [2.75, 3.05) is 18.4 Å². The summed E-state index contributed by atoms with van der Waals surface area (Å²) < 4.78 is 5.35. The number of anilines is 1. The first-order valence-corrected chi connectivity index (χ1v) is 7.35. The summed E-state index contributed by atoms with van der Waals surface area (Å²) in [5.41, 5.74) is 0.132. The summed E-state index contributed by atoms with van der Waals surface area (Å²) in [7, 11) is 0. The molecule has 1 aliphatic rings. The molecule has 6 heteroatoms. The van der Waals surface area contributed by atoms with Crippen molar-refractivity contribution in [2.24, 2.45) is 0 Å². The van der Waals surface area contributed by atoms with Gasteiger partial charge >= 0.3 is 6.09 Å². The molecule has 1 aromatic carbocycles. The minimum absolute atomic E-state index is 0.0876. The maximum Gasteiger partial charge on any atom is 0.410 e. The SMILES string of the molecule is CC(C)(C)OC(=O)N1CCC(Nc2ccc(Cl)cc2O)C1. The van der Waals surface area contributed by atoms with Crippen LogP contribution in [0.1, 0.15) is 27.2 Å². The first-order chi connectivity index (χ1) is 9.74. The molecule has 2 N–H and O–H groups in total. The third-order valence-corrected chi connectivity index (χ3v) is 3.39. The maximum atomic E-state index is 12.0. The van der Waals surface area contributed by atoms with E-state index in [0.717, 1.165) is 6.42 Å². The molecule has 1 aromatic rings. The van der Waals surface area contributed by atoms with Gasteiger partial charge in [-0.15, -0.1) is 0 Å². The van der Waals surface area contributed by atoms with Gasteiger partial charge in [0.05, 0.1) is 5.69 Å². The average molecular weight is 313 g/mol. The number of nitrogens with zero attached hydrogens (tertiary/aromatic N) is 1. The van der Waals surface area contributed by atoms with Crippen LogP contribution < -0.4 is 5.32 Å². The largest absolute Gasteiger partial charge is 0.506 e. The van der Waals surface area contributed by atoms with Gasteiger partial charge in [-0.1, -0.05) is 11.6 Å². The first kappa shape index (κ1) is 15.8. The predicted molar refractivity (Wildman–Crippen MR) is 83.0 cm³/mol. The summed E-state index contributed by atoms with van der Waals surface area (Å²) in [6.07, 6.45) is 0.508. The number of nitrogens with one attached hydrogen (secondary N) is 1. The topological polar surface area (TPSA) is 61.8 Å². The van der Waals surface area contributed by atoms with Crippen molar-refractivity contribution in [1.82, 2.24) is 4.90 Å². The molecule has 1 saturated heterocycles. The van der Waals surface area contributed by atoms with Crippen LogP contribution in [0, 0.1) is 0 Å². The number of carbonyl (C=O) groups excluding carboxylic acids is 1. The molecule has 1 aliphatic heterocycles. The molecule has 1 atom stereocenters. The van der Waals surface area contributed by atoms with Crippen molar-refractivity contribution in [3.63, 3.8) is 0 Å². The van der Waals surface area contributed by atoms with Crippen LogP contribution in [0.15, 0.2) is 18.2 Å². The number of benzene rings is 1. The average Bonchev–Trinajstić information content (AvgIpc) is 2.79. The molecule has 1 heterocycles. The highest BCUT2D eigenvalue weighted by atomic mass is 35.5. The zero-order chi connectivity index (χ0) is 15.6. The van der Waals surface area contributed by atoms with E-state index in [0.29, 0.717) is 23.8 Å². The minimum Gasteiger partial charge on any atom is -0.506 e. The number of phenolic OH excluding ortho intramolecular Hbond substituents is 1. The Kier molecular flexibility index (Phi) is 4.52. The van der Waals surface area contributed by atoms with Crippen molar-refractivity contribution in [3.05, 3.63) is 23.2 Å². The lowest BCUT2D eigenvalue weighted by Gasteiger charge is -2.24. The normalized spacial score (nSPS) is 18.7. The van der Waals surface area contributed by atoms with Gasteiger partial charge in [0.25, 0.3) is 0 Å². The Labute approximate surface area is 129 Å². The monoisotopic (exact) mass is 312 g/mol. The van der Waals surface area contributed by atoms with Gasteiger partial charge in [-0.05, 0) is 39.3 Å². The van der Waals surface area contributed by atoms with Crippen LogP contribution in [0.4, 0.5) is 10.5 Å². The van der Waals surface area contributed by atoms with Crippen molar-refractivity contribution in [2.45, 2.75) is 38.8 Å². The molecule has 2 rings (SSSR count). The predicted octanol–water partition coefficient (Wildman–Crippen LogP) is 3.47. The lowest BCUT2D eigenvalue weighted by molar-refractivity contribution is 0.0293. The van der Waals surface area contributed by atoms with Crippen LogP contribution in [-0.4, -0.2) is 40.8 Å². The highest BCUT2D eigenvalue weighted by molar-refractivity contribution is 6.30. The van der Waals surface area contributed by atoms with E-state index in [2.05, 4.69) is 5.32 Å². The molecule has 1 amide bonds. The summed E-state index contributed by atoms with van der Waals surface area (Å²) in [5, 5.41) is 13.5. The summed E-state index contributed by atoms with van der Waals surface area (Å²) in [5.74, 6) is 0.109. The summed E-state index contributed by atoms with van der Waals surface area (Å²) in [6, 6.07) is 5.02.